The second kappa shape index (κ2) is 8.34. The third kappa shape index (κ3) is 5.25. The van der Waals surface area contributed by atoms with Crippen molar-refractivity contribution in [3.8, 4) is 0 Å². The predicted octanol–water partition coefficient (Wildman–Crippen LogP) is 3.63. The van der Waals surface area contributed by atoms with Crippen LogP contribution in [0.2, 0.25) is 0 Å². The minimum Gasteiger partial charge on any atom is -0.444 e. The van der Waals surface area contributed by atoms with Crippen molar-refractivity contribution in [3.63, 3.8) is 0 Å². The Kier molecular flexibility index (Phi) is 6.14. The van der Waals surface area contributed by atoms with Crippen LogP contribution in [0.25, 0.3) is 0 Å². The van der Waals surface area contributed by atoms with E-state index in [-0.39, 0.29) is 23.3 Å². The molecule has 166 valence electrons. The average Bonchev–Trinajstić information content (AvgIpc) is 2.66. The van der Waals surface area contributed by atoms with Gasteiger partial charge in [-0.3, -0.25) is 4.79 Å². The smallest absolute Gasteiger partial charge is 0.408 e. The van der Waals surface area contributed by atoms with Crippen molar-refractivity contribution in [2.24, 2.45) is 0 Å². The molecule has 2 aromatic carbocycles. The lowest BCUT2D eigenvalue weighted by Crippen LogP contribution is -2.54. The molecule has 31 heavy (non-hydrogen) atoms. The van der Waals surface area contributed by atoms with Crippen molar-refractivity contribution in [1.29, 1.82) is 0 Å². The standard InChI is InChI=1S/C23H28N2O5S/c1-15(16-9-7-6-8-10-16)25-20-14-18(31(5,28)29)12-11-17(20)13-19(21(25)26)24-22(27)30-23(2,3)4/h6-12,14-15,19H,13H2,1-5H3,(H,24,27)/t15-,19+/m0/s1. The Morgan fingerprint density at radius 1 is 1.16 bits per heavy atom. The Hall–Kier alpha value is -2.87. The lowest BCUT2D eigenvalue weighted by atomic mass is 9.94. The maximum Gasteiger partial charge on any atom is 0.408 e. The van der Waals surface area contributed by atoms with Crippen LogP contribution in [0.1, 0.15) is 44.9 Å². The van der Waals surface area contributed by atoms with Crippen LogP contribution in [-0.2, 0) is 25.8 Å². The summed E-state index contributed by atoms with van der Waals surface area (Å²) in [5.74, 6) is -0.319. The SMILES string of the molecule is C[C@@H](c1ccccc1)N1C(=O)[C@H](NC(=O)OC(C)(C)C)Cc2ccc(S(C)(=O)=O)cc21. The molecule has 1 aliphatic rings. The summed E-state index contributed by atoms with van der Waals surface area (Å²) < 4.78 is 29.5. The van der Waals surface area contributed by atoms with E-state index in [1.807, 2.05) is 37.3 Å². The third-order valence-corrected chi connectivity index (χ3v) is 6.17. The number of hydrogen-bond acceptors (Lipinski definition) is 5. The lowest BCUT2D eigenvalue weighted by molar-refractivity contribution is -0.121. The van der Waals surface area contributed by atoms with Crippen LogP contribution < -0.4 is 10.2 Å². The zero-order chi connectivity index (χ0) is 23.0. The lowest BCUT2D eigenvalue weighted by Gasteiger charge is -2.38. The second-order valence-electron chi connectivity index (χ2n) is 8.76. The van der Waals surface area contributed by atoms with Crippen molar-refractivity contribution in [1.82, 2.24) is 5.32 Å². The highest BCUT2D eigenvalue weighted by Crippen LogP contribution is 2.36. The third-order valence-electron chi connectivity index (χ3n) is 5.06. The highest BCUT2D eigenvalue weighted by atomic mass is 32.2. The highest BCUT2D eigenvalue weighted by molar-refractivity contribution is 7.90. The van der Waals surface area contributed by atoms with Crippen LogP contribution in [0.15, 0.2) is 53.4 Å². The van der Waals surface area contributed by atoms with Gasteiger partial charge in [-0.15, -0.1) is 0 Å². The first-order valence-electron chi connectivity index (χ1n) is 10.1. The molecular formula is C23H28N2O5S. The molecule has 7 nitrogen and oxygen atoms in total. The fraction of sp³-hybridized carbons (Fsp3) is 0.391. The van der Waals surface area contributed by atoms with E-state index < -0.39 is 27.6 Å². The van der Waals surface area contributed by atoms with Crippen LogP contribution in [0.4, 0.5) is 10.5 Å². The van der Waals surface area contributed by atoms with E-state index in [4.69, 9.17) is 4.74 Å². The number of nitrogens with zero attached hydrogens (tertiary/aromatic N) is 1. The molecule has 1 aliphatic heterocycles. The minimum atomic E-state index is -3.45. The second-order valence-corrected chi connectivity index (χ2v) is 10.8. The van der Waals surface area contributed by atoms with E-state index in [0.717, 1.165) is 17.4 Å². The van der Waals surface area contributed by atoms with Gasteiger partial charge in [0, 0.05) is 18.4 Å². The molecule has 0 fully saturated rings. The van der Waals surface area contributed by atoms with Crippen molar-refractivity contribution in [2.75, 3.05) is 11.2 Å². The van der Waals surface area contributed by atoms with Gasteiger partial charge in [-0.1, -0.05) is 36.4 Å². The molecule has 0 radical (unpaired) electrons. The van der Waals surface area contributed by atoms with Gasteiger partial charge < -0.3 is 15.0 Å². The first-order chi connectivity index (χ1) is 14.4. The number of sulfone groups is 1. The van der Waals surface area contributed by atoms with Gasteiger partial charge in [0.05, 0.1) is 10.9 Å². The number of rotatable bonds is 4. The first kappa shape index (κ1) is 22.8. The molecular weight excluding hydrogens is 416 g/mol. The molecule has 0 saturated heterocycles. The van der Waals surface area contributed by atoms with Gasteiger partial charge >= 0.3 is 6.09 Å². The Labute approximate surface area is 183 Å². The molecule has 2 aromatic rings. The molecule has 0 aliphatic carbocycles. The maximum atomic E-state index is 13.5. The number of hydrogen-bond donors (Lipinski definition) is 1. The Morgan fingerprint density at radius 3 is 2.39 bits per heavy atom. The van der Waals surface area contributed by atoms with Gasteiger partial charge in [0.2, 0.25) is 0 Å². The summed E-state index contributed by atoms with van der Waals surface area (Å²) in [5.41, 5.74) is 1.51. The summed E-state index contributed by atoms with van der Waals surface area (Å²) in [6, 6.07) is 13.0. The van der Waals surface area contributed by atoms with Gasteiger partial charge in [-0.25, -0.2) is 13.2 Å². The van der Waals surface area contributed by atoms with Crippen LogP contribution in [0.3, 0.4) is 0 Å². The Balaban J connectivity index is 2.03. The van der Waals surface area contributed by atoms with Crippen LogP contribution in [0.5, 0.6) is 0 Å². The first-order valence-corrected chi connectivity index (χ1v) is 12.0. The van der Waals surface area contributed by atoms with Gasteiger partial charge in [0.1, 0.15) is 11.6 Å². The number of amides is 2. The molecule has 0 unspecified atom stereocenters. The van der Waals surface area contributed by atoms with Crippen molar-refractivity contribution >= 4 is 27.5 Å². The highest BCUT2D eigenvalue weighted by Gasteiger charge is 2.38. The number of alkyl carbamates (subject to hydrolysis) is 1. The van der Waals surface area contributed by atoms with Crippen molar-refractivity contribution in [2.45, 2.75) is 56.7 Å². The molecule has 1 N–H and O–H groups in total. The number of nitrogens with one attached hydrogen (secondary N) is 1. The fourth-order valence-electron chi connectivity index (χ4n) is 3.61. The van der Waals surface area contributed by atoms with E-state index >= 15 is 0 Å². The Bertz CT molecular complexity index is 1090. The molecule has 0 saturated carbocycles. The zero-order valence-electron chi connectivity index (χ0n) is 18.4. The molecule has 0 bridgehead atoms. The summed E-state index contributed by atoms with van der Waals surface area (Å²) in [4.78, 5) is 27.5. The van der Waals surface area contributed by atoms with E-state index in [1.54, 1.807) is 31.7 Å². The number of carbonyl (C=O) groups excluding carboxylic acids is 2. The predicted molar refractivity (Wildman–Crippen MR) is 119 cm³/mol. The average molecular weight is 445 g/mol. The largest absolute Gasteiger partial charge is 0.444 e. The number of ether oxygens (including phenoxy) is 1. The molecule has 8 heteroatoms. The van der Waals surface area contributed by atoms with E-state index in [2.05, 4.69) is 5.32 Å². The normalized spacial score (nSPS) is 17.6. The summed E-state index contributed by atoms with van der Waals surface area (Å²) in [6.45, 7) is 7.13. The number of anilines is 1. The Morgan fingerprint density at radius 2 is 1.81 bits per heavy atom. The van der Waals surface area contributed by atoms with Gasteiger partial charge in [-0.2, -0.15) is 0 Å². The minimum absolute atomic E-state index is 0.142. The molecule has 2 amide bonds. The number of carbonyl (C=O) groups is 2. The maximum absolute atomic E-state index is 13.5. The molecule has 0 spiro atoms. The van der Waals surface area contributed by atoms with Crippen molar-refractivity contribution < 1.29 is 22.7 Å². The van der Waals surface area contributed by atoms with E-state index in [9.17, 15) is 18.0 Å². The molecule has 3 rings (SSSR count). The number of benzene rings is 2. The summed E-state index contributed by atoms with van der Waals surface area (Å²) in [6.07, 6.45) is 0.710. The molecule has 0 aromatic heterocycles. The number of fused-ring (bicyclic) bond motifs is 1. The van der Waals surface area contributed by atoms with Gasteiger partial charge in [0.25, 0.3) is 5.91 Å². The van der Waals surface area contributed by atoms with Gasteiger partial charge in [0.15, 0.2) is 9.84 Å². The van der Waals surface area contributed by atoms with E-state index in [1.165, 1.54) is 12.1 Å². The van der Waals surface area contributed by atoms with E-state index in [0.29, 0.717) is 5.69 Å². The fourth-order valence-corrected chi connectivity index (χ4v) is 4.25. The van der Waals surface area contributed by atoms with Crippen LogP contribution >= 0.6 is 0 Å². The molecule has 1 heterocycles. The van der Waals surface area contributed by atoms with Crippen LogP contribution in [0, 0.1) is 0 Å². The zero-order valence-corrected chi connectivity index (χ0v) is 19.2. The topological polar surface area (TPSA) is 92.8 Å². The quantitative estimate of drug-likeness (QED) is 0.777. The van der Waals surface area contributed by atoms with Crippen LogP contribution in [-0.4, -0.2) is 38.3 Å². The monoisotopic (exact) mass is 444 g/mol. The summed E-state index contributed by atoms with van der Waals surface area (Å²) in [5, 5.41) is 2.68. The molecule has 2 atom stereocenters. The summed E-state index contributed by atoms with van der Waals surface area (Å²) in [7, 11) is -3.45. The van der Waals surface area contributed by atoms with Crippen molar-refractivity contribution in [3.05, 3.63) is 59.7 Å². The summed E-state index contributed by atoms with van der Waals surface area (Å²) >= 11 is 0. The van der Waals surface area contributed by atoms with Gasteiger partial charge in [-0.05, 0) is 51.0 Å².